The maximum atomic E-state index is 4.64. The van der Waals surface area contributed by atoms with Gasteiger partial charge in [0.25, 0.3) is 0 Å². The molecular weight excluding hydrogens is 348 g/mol. The van der Waals surface area contributed by atoms with E-state index in [1.807, 2.05) is 29.2 Å². The standard InChI is InChI=1S/C22H24N6/c1-2-4-16-5-7-17(8-6-16)21-19-15-27(12-9-20(19)25-26-21)14-18-13-24-28-11-3-10-23-22(18)28/h3,5-8,10-11,13H,2,4,9,12,14-15H2,1H3,(H,25,26). The Kier molecular flexibility index (Phi) is 4.41. The number of fused-ring (bicyclic) bond motifs is 2. The minimum Gasteiger partial charge on any atom is -0.294 e. The fourth-order valence-electron chi connectivity index (χ4n) is 4.07. The van der Waals surface area contributed by atoms with Crippen molar-refractivity contribution in [3.05, 3.63) is 71.3 Å². The molecule has 6 heteroatoms. The topological polar surface area (TPSA) is 62.1 Å². The zero-order valence-electron chi connectivity index (χ0n) is 16.1. The van der Waals surface area contributed by atoms with Crippen LogP contribution in [-0.4, -0.2) is 36.2 Å². The van der Waals surface area contributed by atoms with Crippen LogP contribution in [0.25, 0.3) is 16.9 Å². The summed E-state index contributed by atoms with van der Waals surface area (Å²) in [5.41, 5.74) is 8.35. The molecule has 0 amide bonds. The van der Waals surface area contributed by atoms with E-state index in [4.69, 9.17) is 0 Å². The first-order valence-electron chi connectivity index (χ1n) is 9.97. The lowest BCUT2D eigenvalue weighted by molar-refractivity contribution is 0.246. The Labute approximate surface area is 164 Å². The third-order valence-corrected chi connectivity index (χ3v) is 5.52. The molecule has 3 aromatic heterocycles. The van der Waals surface area contributed by atoms with Gasteiger partial charge in [-0.1, -0.05) is 37.6 Å². The van der Waals surface area contributed by atoms with Crippen molar-refractivity contribution in [2.24, 2.45) is 0 Å². The largest absolute Gasteiger partial charge is 0.294 e. The van der Waals surface area contributed by atoms with E-state index in [1.54, 1.807) is 0 Å². The summed E-state index contributed by atoms with van der Waals surface area (Å²) in [6.45, 7) is 4.96. The molecule has 4 aromatic rings. The van der Waals surface area contributed by atoms with Crippen molar-refractivity contribution < 1.29 is 0 Å². The number of H-pyrrole nitrogens is 1. The summed E-state index contributed by atoms with van der Waals surface area (Å²) in [5, 5.41) is 12.3. The quantitative estimate of drug-likeness (QED) is 0.581. The van der Waals surface area contributed by atoms with Crippen molar-refractivity contribution >= 4 is 5.65 Å². The summed E-state index contributed by atoms with van der Waals surface area (Å²) in [5.74, 6) is 0. The molecule has 0 radical (unpaired) electrons. The molecule has 28 heavy (non-hydrogen) atoms. The van der Waals surface area contributed by atoms with E-state index in [0.29, 0.717) is 0 Å². The highest BCUT2D eigenvalue weighted by atomic mass is 15.2. The second-order valence-electron chi connectivity index (χ2n) is 7.49. The first kappa shape index (κ1) is 17.1. The molecule has 1 aliphatic heterocycles. The molecule has 5 rings (SSSR count). The third-order valence-electron chi connectivity index (χ3n) is 5.52. The SMILES string of the molecule is CCCc1ccc(-c2n[nH]c3c2CN(Cc2cnn4cccnc24)CC3)cc1. The first-order chi connectivity index (χ1) is 13.8. The lowest BCUT2D eigenvalue weighted by Crippen LogP contribution is -2.30. The summed E-state index contributed by atoms with van der Waals surface area (Å²) in [4.78, 5) is 6.94. The van der Waals surface area contributed by atoms with Gasteiger partial charge in [-0.2, -0.15) is 10.2 Å². The molecule has 0 saturated carbocycles. The van der Waals surface area contributed by atoms with Crippen molar-refractivity contribution in [2.75, 3.05) is 6.54 Å². The Morgan fingerprint density at radius 3 is 2.93 bits per heavy atom. The Hall–Kier alpha value is -2.99. The zero-order valence-corrected chi connectivity index (χ0v) is 16.1. The summed E-state index contributed by atoms with van der Waals surface area (Å²) in [7, 11) is 0. The first-order valence-corrected chi connectivity index (χ1v) is 9.97. The van der Waals surface area contributed by atoms with Gasteiger partial charge in [0.1, 0.15) is 0 Å². The van der Waals surface area contributed by atoms with Gasteiger partial charge in [0.15, 0.2) is 5.65 Å². The molecule has 6 nitrogen and oxygen atoms in total. The molecule has 0 atom stereocenters. The van der Waals surface area contributed by atoms with Crippen LogP contribution in [0.2, 0.25) is 0 Å². The lowest BCUT2D eigenvalue weighted by Gasteiger charge is -2.26. The molecule has 0 fully saturated rings. The molecular formula is C22H24N6. The summed E-state index contributed by atoms with van der Waals surface area (Å²) in [6.07, 6.45) is 8.98. The molecule has 1 N–H and O–H groups in total. The van der Waals surface area contributed by atoms with Gasteiger partial charge in [-0.15, -0.1) is 0 Å². The molecule has 0 bridgehead atoms. The number of hydrogen-bond acceptors (Lipinski definition) is 4. The predicted octanol–water partition coefficient (Wildman–Crippen LogP) is 3.63. The van der Waals surface area contributed by atoms with E-state index in [1.165, 1.54) is 28.8 Å². The molecule has 0 aliphatic carbocycles. The minimum absolute atomic E-state index is 0.847. The van der Waals surface area contributed by atoms with Crippen molar-refractivity contribution in [1.82, 2.24) is 29.7 Å². The Morgan fingerprint density at radius 1 is 1.18 bits per heavy atom. The smallest absolute Gasteiger partial charge is 0.159 e. The number of benzene rings is 1. The second kappa shape index (κ2) is 7.20. The maximum absolute atomic E-state index is 4.64. The van der Waals surface area contributed by atoms with Gasteiger partial charge >= 0.3 is 0 Å². The van der Waals surface area contributed by atoms with Crippen LogP contribution >= 0.6 is 0 Å². The van der Waals surface area contributed by atoms with E-state index in [-0.39, 0.29) is 0 Å². The van der Waals surface area contributed by atoms with Crippen LogP contribution in [0, 0.1) is 0 Å². The van der Waals surface area contributed by atoms with Crippen LogP contribution in [-0.2, 0) is 25.9 Å². The Balaban J connectivity index is 1.38. The maximum Gasteiger partial charge on any atom is 0.159 e. The molecule has 0 unspecified atom stereocenters. The number of aromatic nitrogens is 5. The van der Waals surface area contributed by atoms with E-state index in [2.05, 4.69) is 56.4 Å². The van der Waals surface area contributed by atoms with Gasteiger partial charge in [0.05, 0.1) is 11.9 Å². The fraction of sp³-hybridized carbons (Fsp3) is 0.318. The second-order valence-corrected chi connectivity index (χ2v) is 7.49. The summed E-state index contributed by atoms with van der Waals surface area (Å²) >= 11 is 0. The molecule has 142 valence electrons. The van der Waals surface area contributed by atoms with Crippen molar-refractivity contribution in [3.8, 4) is 11.3 Å². The Bertz CT molecular complexity index is 1090. The van der Waals surface area contributed by atoms with Gasteiger partial charge in [-0.05, 0) is 18.1 Å². The molecule has 4 heterocycles. The van der Waals surface area contributed by atoms with Crippen LogP contribution in [0.3, 0.4) is 0 Å². The number of rotatable bonds is 5. The number of aryl methyl sites for hydroxylation is 1. The number of hydrogen-bond donors (Lipinski definition) is 1. The minimum atomic E-state index is 0.847. The molecule has 1 aromatic carbocycles. The van der Waals surface area contributed by atoms with E-state index in [0.717, 1.165) is 49.4 Å². The van der Waals surface area contributed by atoms with E-state index >= 15 is 0 Å². The van der Waals surface area contributed by atoms with Crippen LogP contribution in [0.4, 0.5) is 0 Å². The van der Waals surface area contributed by atoms with Crippen LogP contribution in [0.15, 0.2) is 48.9 Å². The number of nitrogens with zero attached hydrogens (tertiary/aromatic N) is 5. The average molecular weight is 372 g/mol. The monoisotopic (exact) mass is 372 g/mol. The van der Waals surface area contributed by atoms with E-state index in [9.17, 15) is 0 Å². The number of aromatic amines is 1. The summed E-state index contributed by atoms with van der Waals surface area (Å²) < 4.78 is 1.84. The zero-order chi connectivity index (χ0) is 18.9. The number of nitrogens with one attached hydrogen (secondary N) is 1. The molecule has 1 aliphatic rings. The normalized spacial score (nSPS) is 14.5. The van der Waals surface area contributed by atoms with Crippen molar-refractivity contribution in [2.45, 2.75) is 39.3 Å². The highest BCUT2D eigenvalue weighted by Crippen LogP contribution is 2.29. The van der Waals surface area contributed by atoms with Gasteiger partial charge in [-0.25, -0.2) is 9.50 Å². The van der Waals surface area contributed by atoms with Crippen molar-refractivity contribution in [3.63, 3.8) is 0 Å². The van der Waals surface area contributed by atoms with Gasteiger partial charge in [-0.3, -0.25) is 10.00 Å². The Morgan fingerprint density at radius 2 is 2.07 bits per heavy atom. The van der Waals surface area contributed by atoms with Crippen molar-refractivity contribution in [1.29, 1.82) is 0 Å². The highest BCUT2D eigenvalue weighted by molar-refractivity contribution is 5.64. The van der Waals surface area contributed by atoms with Gasteiger partial charge in [0.2, 0.25) is 0 Å². The molecule has 0 saturated heterocycles. The highest BCUT2D eigenvalue weighted by Gasteiger charge is 2.23. The predicted molar refractivity (Wildman–Crippen MR) is 109 cm³/mol. The summed E-state index contributed by atoms with van der Waals surface area (Å²) in [6, 6.07) is 10.8. The lowest BCUT2D eigenvalue weighted by atomic mass is 9.99. The fourth-order valence-corrected chi connectivity index (χ4v) is 4.07. The van der Waals surface area contributed by atoms with Gasteiger partial charge in [0, 0.05) is 60.8 Å². The van der Waals surface area contributed by atoms with Crippen LogP contribution in [0.5, 0.6) is 0 Å². The van der Waals surface area contributed by atoms with Crippen LogP contribution in [0.1, 0.15) is 35.7 Å². The van der Waals surface area contributed by atoms with Crippen LogP contribution < -0.4 is 0 Å². The molecule has 0 spiro atoms. The van der Waals surface area contributed by atoms with E-state index < -0.39 is 0 Å². The van der Waals surface area contributed by atoms with Gasteiger partial charge < -0.3 is 0 Å². The third kappa shape index (κ3) is 3.10. The average Bonchev–Trinajstić information content (AvgIpc) is 3.33.